The summed E-state index contributed by atoms with van der Waals surface area (Å²) in [5.74, 6) is -0.0820. The second-order valence-corrected chi connectivity index (χ2v) is 8.24. The van der Waals surface area contributed by atoms with Crippen LogP contribution in [0.1, 0.15) is 30.7 Å². The number of alkyl halides is 3. The van der Waals surface area contributed by atoms with Crippen molar-refractivity contribution in [2.24, 2.45) is 5.92 Å². The van der Waals surface area contributed by atoms with Crippen molar-refractivity contribution in [2.75, 3.05) is 36.4 Å². The molecule has 4 rings (SSSR count). The van der Waals surface area contributed by atoms with Crippen LogP contribution in [0.2, 0.25) is 0 Å². The van der Waals surface area contributed by atoms with Gasteiger partial charge < -0.3 is 15.1 Å². The van der Waals surface area contributed by atoms with E-state index in [-0.39, 0.29) is 17.7 Å². The highest BCUT2D eigenvalue weighted by atomic mass is 19.4. The van der Waals surface area contributed by atoms with E-state index in [0.717, 1.165) is 11.4 Å². The molecule has 1 aromatic heterocycles. The van der Waals surface area contributed by atoms with E-state index in [1.165, 1.54) is 4.90 Å². The predicted molar refractivity (Wildman–Crippen MR) is 112 cm³/mol. The van der Waals surface area contributed by atoms with Gasteiger partial charge in [0, 0.05) is 38.1 Å². The molecule has 0 atom stereocenters. The number of nitrogens with one attached hydrogen (secondary N) is 1. The maximum atomic E-state index is 12.5. The molecule has 3 heterocycles. The zero-order valence-corrected chi connectivity index (χ0v) is 17.4. The van der Waals surface area contributed by atoms with Gasteiger partial charge in [0.25, 0.3) is 0 Å². The molecule has 2 aliphatic heterocycles. The minimum Gasteiger partial charge on any atom is -0.353 e. The monoisotopic (exact) mass is 447 g/mol. The minimum absolute atomic E-state index is 0.0469. The lowest BCUT2D eigenvalue weighted by Gasteiger charge is -2.38. The molecule has 0 spiro atoms. The Kier molecular flexibility index (Phi) is 6.29. The Hall–Kier alpha value is -3.17. The quantitative estimate of drug-likeness (QED) is 0.762. The molecule has 10 heteroatoms. The number of hydrogen-bond acceptors (Lipinski definition) is 5. The van der Waals surface area contributed by atoms with E-state index in [2.05, 4.69) is 15.5 Å². The van der Waals surface area contributed by atoms with Crippen LogP contribution in [-0.2, 0) is 9.59 Å². The van der Waals surface area contributed by atoms with Crippen LogP contribution in [-0.4, -0.2) is 59.3 Å². The van der Waals surface area contributed by atoms with Crippen LogP contribution >= 0.6 is 0 Å². The van der Waals surface area contributed by atoms with Gasteiger partial charge in [-0.25, -0.2) is 0 Å². The SMILES string of the molecule is O=C(Nc1ccc(C2CCN(C(=O)CC(F)(F)F)CC2)cc1)C1CN(c2cccnn2)C1. The number of anilines is 2. The van der Waals surface area contributed by atoms with Crippen molar-refractivity contribution < 1.29 is 22.8 Å². The second-order valence-electron chi connectivity index (χ2n) is 8.24. The van der Waals surface area contributed by atoms with Crippen LogP contribution in [0, 0.1) is 5.92 Å². The van der Waals surface area contributed by atoms with Crippen LogP contribution < -0.4 is 10.2 Å². The summed E-state index contributed by atoms with van der Waals surface area (Å²) in [6, 6.07) is 11.2. The van der Waals surface area contributed by atoms with Gasteiger partial charge in [0.05, 0.1) is 5.92 Å². The number of nitrogens with zero attached hydrogens (tertiary/aromatic N) is 4. The molecule has 2 fully saturated rings. The first-order chi connectivity index (χ1) is 15.3. The first kappa shape index (κ1) is 22.0. The molecule has 1 N–H and O–H groups in total. The number of likely N-dealkylation sites (tertiary alicyclic amines) is 1. The zero-order chi connectivity index (χ0) is 22.7. The first-order valence-corrected chi connectivity index (χ1v) is 10.6. The molecule has 170 valence electrons. The normalized spacial score (nSPS) is 17.7. The van der Waals surface area contributed by atoms with Crippen molar-refractivity contribution in [3.05, 3.63) is 48.2 Å². The summed E-state index contributed by atoms with van der Waals surface area (Å²) < 4.78 is 37.3. The Balaban J connectivity index is 1.24. The maximum absolute atomic E-state index is 12.5. The highest BCUT2D eigenvalue weighted by molar-refractivity contribution is 5.94. The smallest absolute Gasteiger partial charge is 0.353 e. The third-order valence-corrected chi connectivity index (χ3v) is 5.98. The summed E-state index contributed by atoms with van der Waals surface area (Å²) in [4.78, 5) is 27.5. The molecule has 2 saturated heterocycles. The molecular weight excluding hydrogens is 423 g/mol. The summed E-state index contributed by atoms with van der Waals surface area (Å²) >= 11 is 0. The van der Waals surface area contributed by atoms with E-state index >= 15 is 0 Å². The summed E-state index contributed by atoms with van der Waals surface area (Å²) in [6.45, 7) is 1.83. The Morgan fingerprint density at radius 2 is 1.75 bits per heavy atom. The number of amides is 2. The lowest BCUT2D eigenvalue weighted by atomic mass is 9.89. The van der Waals surface area contributed by atoms with Gasteiger partial charge in [-0.3, -0.25) is 9.59 Å². The number of hydrogen-bond donors (Lipinski definition) is 1. The van der Waals surface area contributed by atoms with E-state index in [1.54, 1.807) is 6.20 Å². The third kappa shape index (κ3) is 5.35. The van der Waals surface area contributed by atoms with E-state index in [4.69, 9.17) is 0 Å². The highest BCUT2D eigenvalue weighted by Crippen LogP contribution is 2.30. The Bertz CT molecular complexity index is 938. The van der Waals surface area contributed by atoms with Crippen molar-refractivity contribution in [2.45, 2.75) is 31.4 Å². The molecule has 0 aliphatic carbocycles. The van der Waals surface area contributed by atoms with Crippen molar-refractivity contribution in [3.63, 3.8) is 0 Å². The number of rotatable bonds is 5. The molecule has 0 unspecified atom stereocenters. The van der Waals surface area contributed by atoms with Crippen molar-refractivity contribution in [1.82, 2.24) is 15.1 Å². The number of benzene rings is 1. The highest BCUT2D eigenvalue weighted by Gasteiger charge is 2.35. The van der Waals surface area contributed by atoms with Crippen LogP contribution in [0.15, 0.2) is 42.6 Å². The van der Waals surface area contributed by atoms with Gasteiger partial charge in [0.1, 0.15) is 6.42 Å². The second kappa shape index (κ2) is 9.13. The number of piperidine rings is 1. The fourth-order valence-electron chi connectivity index (χ4n) is 4.12. The van der Waals surface area contributed by atoms with Crippen LogP contribution in [0.5, 0.6) is 0 Å². The Labute approximate surface area is 183 Å². The van der Waals surface area contributed by atoms with Gasteiger partial charge in [-0.2, -0.15) is 18.3 Å². The van der Waals surface area contributed by atoms with E-state index in [9.17, 15) is 22.8 Å². The minimum atomic E-state index is -4.47. The van der Waals surface area contributed by atoms with E-state index < -0.39 is 18.5 Å². The van der Waals surface area contributed by atoms with Crippen molar-refractivity contribution in [3.8, 4) is 0 Å². The third-order valence-electron chi connectivity index (χ3n) is 5.98. The summed E-state index contributed by atoms with van der Waals surface area (Å²) in [7, 11) is 0. The molecule has 0 saturated carbocycles. The molecule has 0 bridgehead atoms. The van der Waals surface area contributed by atoms with Gasteiger partial charge >= 0.3 is 6.18 Å². The largest absolute Gasteiger partial charge is 0.397 e. The lowest BCUT2D eigenvalue weighted by Crippen LogP contribution is -2.52. The van der Waals surface area contributed by atoms with Gasteiger partial charge in [0.15, 0.2) is 5.82 Å². The lowest BCUT2D eigenvalue weighted by molar-refractivity contribution is -0.162. The zero-order valence-electron chi connectivity index (χ0n) is 17.4. The summed E-state index contributed by atoms with van der Waals surface area (Å²) in [6.07, 6.45) is -3.02. The predicted octanol–water partition coefficient (Wildman–Crippen LogP) is 3.21. The fraction of sp³-hybridized carbons (Fsp3) is 0.455. The molecule has 2 aliphatic rings. The van der Waals surface area contributed by atoms with E-state index in [1.807, 2.05) is 41.3 Å². The molecule has 7 nitrogen and oxygen atoms in total. The van der Waals surface area contributed by atoms with Crippen LogP contribution in [0.3, 0.4) is 0 Å². The molecule has 32 heavy (non-hydrogen) atoms. The number of aromatic nitrogens is 2. The Morgan fingerprint density at radius 3 is 2.34 bits per heavy atom. The van der Waals surface area contributed by atoms with Crippen LogP contribution in [0.4, 0.5) is 24.7 Å². The average Bonchev–Trinajstić information content (AvgIpc) is 2.73. The summed E-state index contributed by atoms with van der Waals surface area (Å²) in [5.41, 5.74) is 1.76. The van der Waals surface area contributed by atoms with E-state index in [0.29, 0.717) is 44.7 Å². The standard InChI is InChI=1S/C22H24F3N5O2/c23-22(24,25)12-20(31)29-10-7-16(8-11-29)15-3-5-18(6-4-15)27-21(32)17-13-30(14-17)19-2-1-9-26-28-19/h1-6,9,16-17H,7-8,10-14H2,(H,27,32). The van der Waals surface area contributed by atoms with Crippen molar-refractivity contribution in [1.29, 1.82) is 0 Å². The molecule has 0 radical (unpaired) electrons. The first-order valence-electron chi connectivity index (χ1n) is 10.6. The fourth-order valence-corrected chi connectivity index (χ4v) is 4.12. The van der Waals surface area contributed by atoms with Crippen LogP contribution in [0.25, 0.3) is 0 Å². The van der Waals surface area contributed by atoms with Gasteiger partial charge in [-0.05, 0) is 48.6 Å². The van der Waals surface area contributed by atoms with Crippen molar-refractivity contribution >= 4 is 23.3 Å². The number of carbonyl (C=O) groups excluding carboxylic acids is 2. The molecule has 1 aromatic carbocycles. The van der Waals surface area contributed by atoms with Gasteiger partial charge in [-0.15, -0.1) is 5.10 Å². The maximum Gasteiger partial charge on any atom is 0.397 e. The number of halogens is 3. The topological polar surface area (TPSA) is 78.4 Å². The molecule has 2 amide bonds. The Morgan fingerprint density at radius 1 is 1.06 bits per heavy atom. The molecular formula is C22H24F3N5O2. The average molecular weight is 447 g/mol. The number of carbonyl (C=O) groups is 2. The van der Waals surface area contributed by atoms with Gasteiger partial charge in [0.2, 0.25) is 11.8 Å². The van der Waals surface area contributed by atoms with Gasteiger partial charge in [-0.1, -0.05) is 12.1 Å². The molecule has 2 aromatic rings. The summed E-state index contributed by atoms with van der Waals surface area (Å²) in [5, 5.41) is 10.8.